The highest BCUT2D eigenvalue weighted by molar-refractivity contribution is 6.32. The maximum Gasteiger partial charge on any atom is 0.251 e. The molecule has 1 amide bonds. The van der Waals surface area contributed by atoms with E-state index in [-0.39, 0.29) is 5.91 Å². The van der Waals surface area contributed by atoms with Crippen LogP contribution in [0.3, 0.4) is 0 Å². The van der Waals surface area contributed by atoms with Gasteiger partial charge in [0.1, 0.15) is 17.2 Å². The third-order valence-electron chi connectivity index (χ3n) is 5.01. The Bertz CT molecular complexity index is 1050. The molecule has 0 atom stereocenters. The van der Waals surface area contributed by atoms with Crippen LogP contribution in [0.5, 0.6) is 23.1 Å². The molecule has 1 aliphatic rings. The van der Waals surface area contributed by atoms with Gasteiger partial charge in [-0.1, -0.05) is 17.7 Å². The number of aryl methyl sites for hydroxylation is 1. The third kappa shape index (κ3) is 5.27. The zero-order valence-corrected chi connectivity index (χ0v) is 17.9. The van der Waals surface area contributed by atoms with Gasteiger partial charge in [0.25, 0.3) is 5.91 Å². The summed E-state index contributed by atoms with van der Waals surface area (Å²) in [7, 11) is 1.58. The van der Waals surface area contributed by atoms with E-state index in [2.05, 4.69) is 10.3 Å². The fraction of sp³-hybridized carbons (Fsp3) is 0.250. The average molecular weight is 439 g/mol. The fourth-order valence-electron chi connectivity index (χ4n) is 3.33. The number of ether oxygens (including phenoxy) is 3. The predicted molar refractivity (Wildman–Crippen MR) is 119 cm³/mol. The van der Waals surface area contributed by atoms with Crippen LogP contribution >= 0.6 is 11.6 Å². The molecule has 4 rings (SSSR count). The summed E-state index contributed by atoms with van der Waals surface area (Å²) < 4.78 is 16.6. The topological polar surface area (TPSA) is 69.7 Å². The van der Waals surface area contributed by atoms with E-state index in [9.17, 15) is 4.79 Å². The highest BCUT2D eigenvalue weighted by Gasteiger charge is 2.15. The fourth-order valence-corrected chi connectivity index (χ4v) is 3.56. The number of aromatic nitrogens is 1. The summed E-state index contributed by atoms with van der Waals surface area (Å²) >= 11 is 6.36. The van der Waals surface area contributed by atoms with E-state index >= 15 is 0 Å². The molecule has 0 fully saturated rings. The second kappa shape index (κ2) is 9.71. The van der Waals surface area contributed by atoms with Crippen LogP contribution in [0, 0.1) is 0 Å². The lowest BCUT2D eigenvalue weighted by atomic mass is 10.1. The van der Waals surface area contributed by atoms with Crippen molar-refractivity contribution in [1.29, 1.82) is 0 Å². The van der Waals surface area contributed by atoms with Crippen molar-refractivity contribution in [2.45, 2.75) is 19.3 Å². The summed E-state index contributed by atoms with van der Waals surface area (Å²) in [6.45, 7) is 1.21. The van der Waals surface area contributed by atoms with Gasteiger partial charge in [0, 0.05) is 30.4 Å². The quantitative estimate of drug-likeness (QED) is 0.572. The molecule has 0 spiro atoms. The van der Waals surface area contributed by atoms with Crippen molar-refractivity contribution in [3.05, 3.63) is 76.4 Å². The van der Waals surface area contributed by atoms with Crippen molar-refractivity contribution < 1.29 is 19.0 Å². The van der Waals surface area contributed by atoms with Gasteiger partial charge in [0.2, 0.25) is 5.88 Å². The molecule has 0 radical (unpaired) electrons. The molecule has 31 heavy (non-hydrogen) atoms. The van der Waals surface area contributed by atoms with Crippen molar-refractivity contribution in [1.82, 2.24) is 10.3 Å². The van der Waals surface area contributed by atoms with E-state index in [0.717, 1.165) is 29.7 Å². The van der Waals surface area contributed by atoms with E-state index in [1.165, 1.54) is 0 Å². The maximum absolute atomic E-state index is 12.4. The molecule has 1 aromatic heterocycles. The van der Waals surface area contributed by atoms with Crippen LogP contribution in [0.2, 0.25) is 5.02 Å². The van der Waals surface area contributed by atoms with Crippen LogP contribution in [-0.4, -0.2) is 31.2 Å². The van der Waals surface area contributed by atoms with Gasteiger partial charge in [0.05, 0.1) is 18.7 Å². The molecule has 2 aromatic carbocycles. The third-order valence-corrected chi connectivity index (χ3v) is 5.31. The Hall–Kier alpha value is -3.25. The Kier molecular flexibility index (Phi) is 6.57. The first-order valence-corrected chi connectivity index (χ1v) is 10.5. The van der Waals surface area contributed by atoms with Gasteiger partial charge in [-0.05, 0) is 60.7 Å². The second-order valence-electron chi connectivity index (χ2n) is 7.18. The van der Waals surface area contributed by atoms with Crippen LogP contribution in [0.4, 0.5) is 0 Å². The molecular weight excluding hydrogens is 416 g/mol. The van der Waals surface area contributed by atoms with Crippen molar-refractivity contribution in [2.24, 2.45) is 0 Å². The van der Waals surface area contributed by atoms with E-state index < -0.39 is 0 Å². The smallest absolute Gasteiger partial charge is 0.251 e. The number of hydrogen-bond acceptors (Lipinski definition) is 5. The number of carbonyl (C=O) groups is 1. The normalized spacial score (nSPS) is 12.5. The van der Waals surface area contributed by atoms with Crippen LogP contribution in [-0.2, 0) is 12.8 Å². The summed E-state index contributed by atoms with van der Waals surface area (Å²) in [6, 6.07) is 14.4. The summed E-state index contributed by atoms with van der Waals surface area (Å²) in [5, 5.41) is 3.45. The Morgan fingerprint density at radius 3 is 2.77 bits per heavy atom. The van der Waals surface area contributed by atoms with E-state index in [1.807, 2.05) is 18.2 Å². The van der Waals surface area contributed by atoms with E-state index in [0.29, 0.717) is 47.5 Å². The number of methoxy groups -OCH3 is 1. The van der Waals surface area contributed by atoms with E-state index in [4.69, 9.17) is 25.8 Å². The van der Waals surface area contributed by atoms with Crippen molar-refractivity contribution in [2.75, 3.05) is 20.3 Å². The standard InChI is InChI=1S/C24H23ClN2O4/c1-29-23-9-4-16(15-27-23)10-11-26-24(28)17-5-7-19(8-6-17)31-22-14-21-18(13-20(22)25)3-2-12-30-21/h4-9,13-15H,2-3,10-12H2,1H3,(H,26,28). The Labute approximate surface area is 186 Å². The zero-order valence-electron chi connectivity index (χ0n) is 17.2. The SMILES string of the molecule is COc1ccc(CCNC(=O)c2ccc(Oc3cc4c(cc3Cl)CCCO4)cc2)cn1. The van der Waals surface area contributed by atoms with Crippen LogP contribution < -0.4 is 19.5 Å². The number of halogens is 1. The van der Waals surface area contributed by atoms with Gasteiger partial charge in [-0.2, -0.15) is 0 Å². The molecule has 7 heteroatoms. The number of benzene rings is 2. The molecule has 1 aliphatic heterocycles. The highest BCUT2D eigenvalue weighted by Crippen LogP contribution is 2.37. The van der Waals surface area contributed by atoms with Crippen LogP contribution in [0.15, 0.2) is 54.7 Å². The molecule has 0 bridgehead atoms. The molecular formula is C24H23ClN2O4. The first kappa shape index (κ1) is 21.0. The number of nitrogens with zero attached hydrogens (tertiary/aromatic N) is 1. The number of nitrogens with one attached hydrogen (secondary N) is 1. The van der Waals surface area contributed by atoms with Crippen molar-refractivity contribution in [3.8, 4) is 23.1 Å². The van der Waals surface area contributed by atoms with Gasteiger partial charge in [-0.15, -0.1) is 0 Å². The lowest BCUT2D eigenvalue weighted by Gasteiger charge is -2.19. The molecule has 0 unspecified atom stereocenters. The summed E-state index contributed by atoms with van der Waals surface area (Å²) in [5.41, 5.74) is 2.68. The monoisotopic (exact) mass is 438 g/mol. The molecule has 0 saturated carbocycles. The number of carbonyl (C=O) groups excluding carboxylic acids is 1. The van der Waals surface area contributed by atoms with Gasteiger partial charge < -0.3 is 19.5 Å². The van der Waals surface area contributed by atoms with Gasteiger partial charge in [-0.3, -0.25) is 4.79 Å². The molecule has 160 valence electrons. The lowest BCUT2D eigenvalue weighted by Crippen LogP contribution is -2.25. The molecule has 6 nitrogen and oxygen atoms in total. The van der Waals surface area contributed by atoms with Crippen molar-refractivity contribution in [3.63, 3.8) is 0 Å². The average Bonchev–Trinajstić information content (AvgIpc) is 2.80. The predicted octanol–water partition coefficient (Wildman–Crippen LogP) is 4.83. The summed E-state index contributed by atoms with van der Waals surface area (Å²) in [5.74, 6) is 2.37. The minimum absolute atomic E-state index is 0.145. The van der Waals surface area contributed by atoms with E-state index in [1.54, 1.807) is 43.6 Å². The number of fused-ring (bicyclic) bond motifs is 1. The first-order valence-electron chi connectivity index (χ1n) is 10.1. The lowest BCUT2D eigenvalue weighted by molar-refractivity contribution is 0.0954. The van der Waals surface area contributed by atoms with Crippen LogP contribution in [0.25, 0.3) is 0 Å². The maximum atomic E-state index is 12.4. The summed E-state index contributed by atoms with van der Waals surface area (Å²) in [6.07, 6.45) is 4.37. The number of hydrogen-bond donors (Lipinski definition) is 1. The minimum Gasteiger partial charge on any atom is -0.493 e. The second-order valence-corrected chi connectivity index (χ2v) is 7.59. The van der Waals surface area contributed by atoms with Gasteiger partial charge in [0.15, 0.2) is 0 Å². The number of amides is 1. The zero-order chi connectivity index (χ0) is 21.6. The van der Waals surface area contributed by atoms with Gasteiger partial charge in [-0.25, -0.2) is 4.98 Å². The first-order chi connectivity index (χ1) is 15.1. The van der Waals surface area contributed by atoms with Crippen molar-refractivity contribution >= 4 is 17.5 Å². The summed E-state index contributed by atoms with van der Waals surface area (Å²) in [4.78, 5) is 16.6. The molecule has 3 aromatic rings. The Morgan fingerprint density at radius 2 is 2.03 bits per heavy atom. The minimum atomic E-state index is -0.145. The van der Waals surface area contributed by atoms with Gasteiger partial charge >= 0.3 is 0 Å². The molecule has 0 aliphatic carbocycles. The Morgan fingerprint density at radius 1 is 1.19 bits per heavy atom. The molecule has 1 N–H and O–H groups in total. The van der Waals surface area contributed by atoms with Crippen LogP contribution in [0.1, 0.15) is 27.9 Å². The number of rotatable bonds is 7. The highest BCUT2D eigenvalue weighted by atomic mass is 35.5. The Balaban J connectivity index is 1.33. The molecule has 0 saturated heterocycles. The largest absolute Gasteiger partial charge is 0.493 e. The number of pyridine rings is 1. The molecule has 2 heterocycles.